The first-order valence-electron chi connectivity index (χ1n) is 6.58. The van der Waals surface area contributed by atoms with E-state index in [-0.39, 0.29) is 11.5 Å². The topological polar surface area (TPSA) is 107 Å². The molecule has 0 saturated heterocycles. The molecule has 2 atom stereocenters. The number of nitrogens with two attached hydrogens (primary N) is 1. The lowest BCUT2D eigenvalue weighted by Crippen LogP contribution is -2.25. The number of nitrogens with one attached hydrogen (secondary N) is 1. The Morgan fingerprint density at radius 3 is 2.89 bits per heavy atom. The van der Waals surface area contributed by atoms with E-state index in [0.29, 0.717) is 17.8 Å². The summed E-state index contributed by atoms with van der Waals surface area (Å²) < 4.78 is 0. The molecule has 0 bridgehead atoms. The van der Waals surface area contributed by atoms with Gasteiger partial charge in [0.1, 0.15) is 6.20 Å². The maximum atomic E-state index is 10.6. The molecule has 0 aliphatic heterocycles. The van der Waals surface area contributed by atoms with Crippen molar-refractivity contribution >= 4 is 17.5 Å². The summed E-state index contributed by atoms with van der Waals surface area (Å²) in [5.41, 5.74) is 5.27. The Morgan fingerprint density at radius 1 is 1.53 bits per heavy atom. The molecule has 19 heavy (non-hydrogen) atoms. The van der Waals surface area contributed by atoms with E-state index in [0.717, 1.165) is 12.7 Å². The predicted octanol–water partition coefficient (Wildman–Crippen LogP) is 2.21. The highest BCUT2D eigenvalue weighted by atomic mass is 16.6. The van der Waals surface area contributed by atoms with Crippen LogP contribution in [0.4, 0.5) is 17.5 Å². The minimum atomic E-state index is -0.581. The second kappa shape index (κ2) is 5.81. The molecule has 104 valence electrons. The molecule has 1 fully saturated rings. The summed E-state index contributed by atoms with van der Waals surface area (Å²) in [6.45, 7) is 3.05. The minimum absolute atomic E-state index is 0.0980. The van der Waals surface area contributed by atoms with Gasteiger partial charge in [-0.3, -0.25) is 10.1 Å². The van der Waals surface area contributed by atoms with Crippen LogP contribution in [-0.2, 0) is 0 Å². The van der Waals surface area contributed by atoms with E-state index in [1.165, 1.54) is 25.7 Å². The fourth-order valence-electron chi connectivity index (χ4n) is 2.53. The molecule has 2 rings (SSSR count). The van der Waals surface area contributed by atoms with Crippen LogP contribution >= 0.6 is 0 Å². The summed E-state index contributed by atoms with van der Waals surface area (Å²) in [5, 5.41) is 13.7. The van der Waals surface area contributed by atoms with Crippen LogP contribution in [0.15, 0.2) is 6.20 Å². The first-order valence-corrected chi connectivity index (χ1v) is 6.58. The largest absolute Gasteiger partial charge is 0.378 e. The lowest BCUT2D eigenvalue weighted by atomic mass is 9.80. The Bertz CT molecular complexity index is 465. The summed E-state index contributed by atoms with van der Waals surface area (Å²) in [5.74, 6) is 1.56. The summed E-state index contributed by atoms with van der Waals surface area (Å²) in [4.78, 5) is 17.9. The predicted molar refractivity (Wildman–Crippen MR) is 72.7 cm³/mol. The molecule has 7 heteroatoms. The van der Waals surface area contributed by atoms with E-state index in [9.17, 15) is 10.1 Å². The molecular formula is C12H19N5O2. The zero-order valence-corrected chi connectivity index (χ0v) is 11.0. The number of nitrogens with zero attached hydrogens (tertiary/aromatic N) is 3. The van der Waals surface area contributed by atoms with E-state index >= 15 is 0 Å². The Balaban J connectivity index is 1.96. The standard InChI is InChI=1S/C12H19N5O2/c1-8-4-2-3-5-9(8)6-14-12-15-7-10(17(18)19)11(13)16-12/h7-9H,2-6H2,1H3,(H3,13,14,15,16). The molecule has 7 nitrogen and oxygen atoms in total. The van der Waals surface area contributed by atoms with Crippen molar-refractivity contribution in [3.05, 3.63) is 16.3 Å². The van der Waals surface area contributed by atoms with Crippen molar-refractivity contribution in [3.8, 4) is 0 Å². The molecule has 1 saturated carbocycles. The number of nitro groups is 1. The highest BCUT2D eigenvalue weighted by Crippen LogP contribution is 2.29. The van der Waals surface area contributed by atoms with Crippen molar-refractivity contribution in [1.29, 1.82) is 0 Å². The zero-order chi connectivity index (χ0) is 13.8. The number of anilines is 2. The van der Waals surface area contributed by atoms with E-state index in [1.807, 2.05) is 0 Å². The molecule has 2 unspecified atom stereocenters. The Hall–Kier alpha value is -1.92. The van der Waals surface area contributed by atoms with Gasteiger partial charge in [-0.15, -0.1) is 0 Å². The van der Waals surface area contributed by atoms with Gasteiger partial charge in [0, 0.05) is 6.54 Å². The molecule has 1 aromatic heterocycles. The van der Waals surface area contributed by atoms with Gasteiger partial charge >= 0.3 is 5.69 Å². The number of nitrogen functional groups attached to an aromatic ring is 1. The van der Waals surface area contributed by atoms with Crippen LogP contribution in [0.3, 0.4) is 0 Å². The van der Waals surface area contributed by atoms with E-state index in [4.69, 9.17) is 5.73 Å². The van der Waals surface area contributed by atoms with Gasteiger partial charge in [-0.1, -0.05) is 26.2 Å². The van der Waals surface area contributed by atoms with E-state index in [2.05, 4.69) is 22.2 Å². The molecule has 1 heterocycles. The van der Waals surface area contributed by atoms with Crippen molar-refractivity contribution in [2.45, 2.75) is 32.6 Å². The maximum absolute atomic E-state index is 10.6. The summed E-state index contributed by atoms with van der Waals surface area (Å²) in [6.07, 6.45) is 6.18. The molecule has 3 N–H and O–H groups in total. The van der Waals surface area contributed by atoms with Crippen molar-refractivity contribution < 1.29 is 4.92 Å². The zero-order valence-electron chi connectivity index (χ0n) is 11.0. The van der Waals surface area contributed by atoms with Crippen molar-refractivity contribution in [1.82, 2.24) is 9.97 Å². The van der Waals surface area contributed by atoms with Crippen LogP contribution in [-0.4, -0.2) is 21.4 Å². The van der Waals surface area contributed by atoms with E-state index in [1.54, 1.807) is 0 Å². The number of hydrogen-bond donors (Lipinski definition) is 2. The van der Waals surface area contributed by atoms with Crippen molar-refractivity contribution in [2.75, 3.05) is 17.6 Å². The van der Waals surface area contributed by atoms with Crippen LogP contribution in [0.1, 0.15) is 32.6 Å². The van der Waals surface area contributed by atoms with Crippen LogP contribution in [0.5, 0.6) is 0 Å². The first-order chi connectivity index (χ1) is 9.08. The van der Waals surface area contributed by atoms with Gasteiger partial charge < -0.3 is 11.1 Å². The second-order valence-corrected chi connectivity index (χ2v) is 5.12. The number of rotatable bonds is 4. The summed E-state index contributed by atoms with van der Waals surface area (Å²) in [7, 11) is 0. The average molecular weight is 265 g/mol. The van der Waals surface area contributed by atoms with Gasteiger partial charge in [0.25, 0.3) is 0 Å². The average Bonchev–Trinajstić information content (AvgIpc) is 2.37. The quantitative estimate of drug-likeness (QED) is 0.638. The highest BCUT2D eigenvalue weighted by Gasteiger charge is 2.21. The molecule has 1 aliphatic rings. The van der Waals surface area contributed by atoms with Gasteiger partial charge in [-0.2, -0.15) is 4.98 Å². The first kappa shape index (κ1) is 13.5. The fourth-order valence-corrected chi connectivity index (χ4v) is 2.53. The monoisotopic (exact) mass is 265 g/mol. The Kier molecular flexibility index (Phi) is 4.13. The van der Waals surface area contributed by atoms with Crippen LogP contribution in [0.25, 0.3) is 0 Å². The maximum Gasteiger partial charge on any atom is 0.329 e. The molecule has 0 aromatic carbocycles. The van der Waals surface area contributed by atoms with Gasteiger partial charge in [0.15, 0.2) is 0 Å². The molecule has 0 radical (unpaired) electrons. The summed E-state index contributed by atoms with van der Waals surface area (Å²) >= 11 is 0. The lowest BCUT2D eigenvalue weighted by molar-refractivity contribution is -0.384. The molecule has 1 aromatic rings. The van der Waals surface area contributed by atoms with Crippen molar-refractivity contribution in [2.24, 2.45) is 11.8 Å². The van der Waals surface area contributed by atoms with E-state index < -0.39 is 4.92 Å². The Labute approximate surface area is 111 Å². The minimum Gasteiger partial charge on any atom is -0.378 e. The Morgan fingerprint density at radius 2 is 2.26 bits per heavy atom. The van der Waals surface area contributed by atoms with Gasteiger partial charge in [0.2, 0.25) is 11.8 Å². The fraction of sp³-hybridized carbons (Fsp3) is 0.667. The van der Waals surface area contributed by atoms with Gasteiger partial charge in [-0.25, -0.2) is 4.98 Å². The third kappa shape index (κ3) is 3.30. The van der Waals surface area contributed by atoms with Crippen LogP contribution in [0.2, 0.25) is 0 Å². The lowest BCUT2D eigenvalue weighted by Gasteiger charge is -2.28. The van der Waals surface area contributed by atoms with Crippen molar-refractivity contribution in [3.63, 3.8) is 0 Å². The normalized spacial score (nSPS) is 23.0. The molecule has 0 amide bonds. The SMILES string of the molecule is CC1CCCCC1CNc1ncc([N+](=O)[O-])c(N)n1. The van der Waals surface area contributed by atoms with Crippen LogP contribution < -0.4 is 11.1 Å². The van der Waals surface area contributed by atoms with Gasteiger partial charge in [-0.05, 0) is 18.3 Å². The highest BCUT2D eigenvalue weighted by molar-refractivity contribution is 5.53. The van der Waals surface area contributed by atoms with Crippen LogP contribution in [0, 0.1) is 22.0 Å². The van der Waals surface area contributed by atoms with Gasteiger partial charge in [0.05, 0.1) is 4.92 Å². The molecule has 0 spiro atoms. The number of aromatic nitrogens is 2. The summed E-state index contributed by atoms with van der Waals surface area (Å²) in [6, 6.07) is 0. The number of hydrogen-bond acceptors (Lipinski definition) is 6. The second-order valence-electron chi connectivity index (χ2n) is 5.12. The third-order valence-electron chi connectivity index (χ3n) is 3.81. The molecule has 1 aliphatic carbocycles. The smallest absolute Gasteiger partial charge is 0.329 e. The third-order valence-corrected chi connectivity index (χ3v) is 3.81. The molecular weight excluding hydrogens is 246 g/mol.